The molecule has 3 fully saturated rings. The molecule has 0 N–H and O–H groups in total. The number of hydrogen-bond acceptors (Lipinski definition) is 6. The molecule has 2 aromatic heterocycles. The van der Waals surface area contributed by atoms with Crippen molar-refractivity contribution in [1.29, 1.82) is 0 Å². The first-order chi connectivity index (χ1) is 14.4. The highest BCUT2D eigenvalue weighted by Crippen LogP contribution is 2.50. The predicted octanol–water partition coefficient (Wildman–Crippen LogP) is 4.91. The van der Waals surface area contributed by atoms with Crippen LogP contribution in [0.5, 0.6) is 0 Å². The summed E-state index contributed by atoms with van der Waals surface area (Å²) in [6.45, 7) is 12.6. The van der Waals surface area contributed by atoms with Crippen molar-refractivity contribution in [1.82, 2.24) is 9.97 Å². The minimum atomic E-state index is -0.425. The van der Waals surface area contributed by atoms with Gasteiger partial charge in [0.05, 0.1) is 28.1 Å². The molecule has 31 heavy (non-hydrogen) atoms. The fourth-order valence-corrected chi connectivity index (χ4v) is 4.39. The number of halogens is 1. The molecule has 0 radical (unpaired) electrons. The van der Waals surface area contributed by atoms with E-state index in [1.54, 1.807) is 18.6 Å². The third-order valence-electron chi connectivity index (χ3n) is 7.11. The van der Waals surface area contributed by atoms with E-state index >= 15 is 0 Å². The Morgan fingerprint density at radius 2 is 1.39 bits per heavy atom. The van der Waals surface area contributed by atoms with Crippen LogP contribution in [-0.4, -0.2) is 46.4 Å². The molecule has 0 spiro atoms. The lowest BCUT2D eigenvalue weighted by atomic mass is 9.49. The molecule has 0 aromatic carbocycles. The van der Waals surface area contributed by atoms with Crippen molar-refractivity contribution < 1.29 is 18.6 Å². The molecule has 2 unspecified atom stereocenters. The molecule has 0 amide bonds. The molecule has 2 aromatic rings. The fraction of sp³-hybridized carbons (Fsp3) is 0.545. The third-order valence-corrected chi connectivity index (χ3v) is 7.58. The number of aromatic nitrogens is 2. The Hall–Kier alpha value is -1.25. The Morgan fingerprint density at radius 1 is 0.806 bits per heavy atom. The molecule has 2 atom stereocenters. The molecule has 0 aliphatic carbocycles. The van der Waals surface area contributed by atoms with E-state index < -0.39 is 14.0 Å². The summed E-state index contributed by atoms with van der Waals surface area (Å²) in [5, 5.41) is 0. The molecule has 5 heterocycles. The first kappa shape index (κ1) is 22.9. The van der Waals surface area contributed by atoms with Crippen LogP contribution in [0.25, 0.3) is 11.3 Å². The Balaban J connectivity index is 0.000000158. The molecule has 3 aliphatic heterocycles. The standard InChI is InChI=1S/C12H22B2O4.C10H7BrN2/c1-9(2)11(5)7-8-12(6)10(3,4)16-14(18-12)13(15-9)17-11;11-9-3-4-10(13-7-9)8-2-1-5-12-6-8/h7-8H2,1-6H3;1-7H. The smallest absolute Gasteiger partial charge is 0.405 e. The number of fused-ring (bicyclic) bond motifs is 5. The zero-order valence-corrected chi connectivity index (χ0v) is 20.6. The summed E-state index contributed by atoms with van der Waals surface area (Å²) >= 11 is 3.34. The topological polar surface area (TPSA) is 62.7 Å². The molecule has 164 valence electrons. The van der Waals surface area contributed by atoms with Crippen LogP contribution in [0.2, 0.25) is 0 Å². The van der Waals surface area contributed by atoms with E-state index in [-0.39, 0.29) is 22.4 Å². The largest absolute Gasteiger partial charge is 0.488 e. The van der Waals surface area contributed by atoms with Crippen LogP contribution in [-0.2, 0) is 18.6 Å². The minimum absolute atomic E-state index is 0.273. The number of rotatable bonds is 1. The first-order valence-corrected chi connectivity index (χ1v) is 11.5. The van der Waals surface area contributed by atoms with Crippen LogP contribution in [0, 0.1) is 0 Å². The van der Waals surface area contributed by atoms with Gasteiger partial charge in [-0.15, -0.1) is 0 Å². The SMILES string of the molecule is Brc1ccc(-c2cccnc2)nc1.CC1(C)OB2OC1(C)CCC1(C)OB2OC1(C)C. The molecule has 0 saturated carbocycles. The van der Waals surface area contributed by atoms with E-state index in [4.69, 9.17) is 18.6 Å². The molecule has 4 bridgehead atoms. The average Bonchev–Trinajstić information content (AvgIpc) is 3.12. The van der Waals surface area contributed by atoms with Gasteiger partial charge in [0.25, 0.3) is 0 Å². The highest BCUT2D eigenvalue weighted by atomic mass is 79.9. The highest BCUT2D eigenvalue weighted by molar-refractivity contribution is 9.10. The molecular weight excluding hydrogens is 458 g/mol. The Morgan fingerprint density at radius 3 is 1.84 bits per heavy atom. The van der Waals surface area contributed by atoms with Crippen molar-refractivity contribution in [2.24, 2.45) is 0 Å². The van der Waals surface area contributed by atoms with Crippen molar-refractivity contribution in [2.75, 3.05) is 0 Å². The molecular formula is C22H29B2BrN2O4. The van der Waals surface area contributed by atoms with Gasteiger partial charge >= 0.3 is 14.0 Å². The fourth-order valence-electron chi connectivity index (χ4n) is 4.15. The second kappa shape index (κ2) is 7.96. The van der Waals surface area contributed by atoms with E-state index in [0.29, 0.717) is 0 Å². The Labute approximate surface area is 193 Å². The van der Waals surface area contributed by atoms with Crippen LogP contribution in [0.1, 0.15) is 54.4 Å². The van der Waals surface area contributed by atoms with Crippen molar-refractivity contribution in [3.8, 4) is 11.3 Å². The lowest BCUT2D eigenvalue weighted by molar-refractivity contribution is -0.0578. The Bertz CT molecular complexity index is 895. The van der Waals surface area contributed by atoms with Gasteiger partial charge in [-0.25, -0.2) is 0 Å². The molecule has 5 rings (SSSR count). The van der Waals surface area contributed by atoms with Crippen LogP contribution < -0.4 is 0 Å². The van der Waals surface area contributed by atoms with E-state index in [1.807, 2.05) is 24.3 Å². The van der Waals surface area contributed by atoms with Crippen molar-refractivity contribution in [2.45, 2.75) is 76.8 Å². The van der Waals surface area contributed by atoms with E-state index in [1.165, 1.54) is 0 Å². The second-order valence-electron chi connectivity index (χ2n) is 9.79. The maximum atomic E-state index is 6.10. The van der Waals surface area contributed by atoms with Crippen LogP contribution in [0.15, 0.2) is 47.3 Å². The lowest BCUT2D eigenvalue weighted by Gasteiger charge is -2.42. The zero-order valence-electron chi connectivity index (χ0n) is 19.0. The van der Waals surface area contributed by atoms with Gasteiger partial charge in [-0.1, -0.05) is 0 Å². The van der Waals surface area contributed by atoms with Gasteiger partial charge in [0, 0.05) is 28.6 Å². The van der Waals surface area contributed by atoms with Crippen LogP contribution in [0.4, 0.5) is 0 Å². The molecule has 3 aliphatic rings. The van der Waals surface area contributed by atoms with Crippen LogP contribution >= 0.6 is 15.9 Å². The summed E-state index contributed by atoms with van der Waals surface area (Å²) in [5.41, 5.74) is 0.812. The van der Waals surface area contributed by atoms with Gasteiger partial charge < -0.3 is 18.6 Å². The molecule has 3 saturated heterocycles. The summed E-state index contributed by atoms with van der Waals surface area (Å²) in [6, 6.07) is 7.82. The first-order valence-electron chi connectivity index (χ1n) is 10.7. The minimum Gasteiger partial charge on any atom is -0.405 e. The maximum absolute atomic E-state index is 6.10. The van der Waals surface area contributed by atoms with Gasteiger partial charge in [0.2, 0.25) is 0 Å². The van der Waals surface area contributed by atoms with Crippen LogP contribution in [0.3, 0.4) is 0 Å². The van der Waals surface area contributed by atoms with Crippen molar-refractivity contribution in [3.05, 3.63) is 47.3 Å². The lowest BCUT2D eigenvalue weighted by Crippen LogP contribution is -2.50. The van der Waals surface area contributed by atoms with Gasteiger partial charge in [-0.2, -0.15) is 0 Å². The van der Waals surface area contributed by atoms with Gasteiger partial charge in [-0.3, -0.25) is 9.97 Å². The predicted molar refractivity (Wildman–Crippen MR) is 125 cm³/mol. The second-order valence-corrected chi connectivity index (χ2v) is 10.7. The number of nitrogens with zero attached hydrogens (tertiary/aromatic N) is 2. The maximum Gasteiger partial charge on any atom is 0.488 e. The van der Waals surface area contributed by atoms with Gasteiger partial charge in [0.1, 0.15) is 0 Å². The highest BCUT2D eigenvalue weighted by Gasteiger charge is 2.68. The number of hydrogen-bond donors (Lipinski definition) is 0. The summed E-state index contributed by atoms with van der Waals surface area (Å²) < 4.78 is 25.3. The van der Waals surface area contributed by atoms with E-state index in [0.717, 1.165) is 28.6 Å². The quantitative estimate of drug-likeness (QED) is 0.534. The van der Waals surface area contributed by atoms with Gasteiger partial charge in [-0.05, 0) is 94.6 Å². The Kier molecular flexibility index (Phi) is 5.88. The van der Waals surface area contributed by atoms with E-state index in [2.05, 4.69) is 67.4 Å². The number of pyridine rings is 2. The summed E-state index contributed by atoms with van der Waals surface area (Å²) in [6.07, 6.45) is 7.15. The summed E-state index contributed by atoms with van der Waals surface area (Å²) in [5.74, 6) is 0. The molecule has 6 nitrogen and oxygen atoms in total. The monoisotopic (exact) mass is 486 g/mol. The third kappa shape index (κ3) is 4.23. The molecule has 9 heteroatoms. The zero-order chi connectivity index (χ0) is 22.5. The van der Waals surface area contributed by atoms with Gasteiger partial charge in [0.15, 0.2) is 0 Å². The van der Waals surface area contributed by atoms with Crippen molar-refractivity contribution >= 4 is 29.9 Å². The van der Waals surface area contributed by atoms with E-state index in [9.17, 15) is 0 Å². The summed E-state index contributed by atoms with van der Waals surface area (Å²) in [4.78, 5) is 8.29. The summed E-state index contributed by atoms with van der Waals surface area (Å²) in [7, 11) is -0.849. The average molecular weight is 487 g/mol. The van der Waals surface area contributed by atoms with Crippen molar-refractivity contribution in [3.63, 3.8) is 0 Å². The normalized spacial score (nSPS) is 30.3.